The number of rotatable bonds is 41. The number of carbonyl (C=O) groups is 3. The first kappa shape index (κ1) is 85.6. The molecule has 22 nitrogen and oxygen atoms in total. The van der Waals surface area contributed by atoms with Crippen molar-refractivity contribution in [2.75, 3.05) is 72.4 Å². The van der Waals surface area contributed by atoms with Gasteiger partial charge in [-0.25, -0.2) is 9.13 Å². The fraction of sp³-hybridized carbons (Fsp3) is 0.955. The Hall–Kier alpha value is -1.53. The third-order valence-electron chi connectivity index (χ3n) is 16.4. The summed E-state index contributed by atoms with van der Waals surface area (Å²) in [6.45, 7) is 49.6. The van der Waals surface area contributed by atoms with E-state index in [-0.39, 0.29) is 123 Å². The smallest absolute Gasteiger partial charge is 0.377 e. The molecule has 10 atom stereocenters. The minimum absolute atomic E-state index is 0.0355. The van der Waals surface area contributed by atoms with Gasteiger partial charge in [-0.3, -0.25) is 42.3 Å². The minimum atomic E-state index is -4.43. The van der Waals surface area contributed by atoms with Gasteiger partial charge >= 0.3 is 15.6 Å². The molecule has 0 radical (unpaired) electrons. The molecule has 91 heavy (non-hydrogen) atoms. The Morgan fingerprint density at radius 1 is 0.495 bits per heavy atom. The van der Waals surface area contributed by atoms with Gasteiger partial charge in [0, 0.05) is 113 Å². The summed E-state index contributed by atoms with van der Waals surface area (Å²) < 4.78 is 70.0. The second-order valence-electron chi connectivity index (χ2n) is 29.5. The van der Waals surface area contributed by atoms with Gasteiger partial charge < -0.3 is 54.5 Å². The first-order valence-electron chi connectivity index (χ1n) is 35.0. The zero-order valence-corrected chi connectivity index (χ0v) is 62.8. The van der Waals surface area contributed by atoms with E-state index >= 15 is 0 Å². The lowest BCUT2D eigenvalue weighted by Gasteiger charge is -2.29. The molecule has 2 amide bonds. The van der Waals surface area contributed by atoms with E-state index in [2.05, 4.69) is 123 Å². The minimum Gasteiger partial charge on any atom is -0.377 e. The summed E-state index contributed by atoms with van der Waals surface area (Å²) in [7, 11) is -8.85. The number of likely N-dealkylation sites (tertiary alicyclic amines) is 4. The molecule has 4 heterocycles. The maximum atomic E-state index is 12.8. The highest BCUT2D eigenvalue weighted by molar-refractivity contribution is 7.47. The number of ketones is 1. The Bertz CT molecular complexity index is 2040. The second-order valence-corrected chi connectivity index (χ2v) is 32.4. The predicted octanol–water partition coefficient (Wildman–Crippen LogP) is 10.8. The van der Waals surface area contributed by atoms with Crippen LogP contribution in [0, 0.1) is 17.8 Å². The van der Waals surface area contributed by atoms with Crippen LogP contribution in [0.1, 0.15) is 223 Å². The Labute approximate surface area is 553 Å². The van der Waals surface area contributed by atoms with Crippen LogP contribution >= 0.6 is 15.6 Å². The van der Waals surface area contributed by atoms with Crippen molar-refractivity contribution in [1.29, 1.82) is 0 Å². The summed E-state index contributed by atoms with van der Waals surface area (Å²) in [5, 5.41) is 10.4. The van der Waals surface area contributed by atoms with E-state index in [9.17, 15) is 33.3 Å². The lowest BCUT2D eigenvalue weighted by atomic mass is 9.96. The highest BCUT2D eigenvalue weighted by Crippen LogP contribution is 2.46. The van der Waals surface area contributed by atoms with Crippen LogP contribution in [0.4, 0.5) is 0 Å². The zero-order valence-electron chi connectivity index (χ0n) is 61.0. The van der Waals surface area contributed by atoms with Crippen LogP contribution in [0.3, 0.4) is 0 Å². The summed E-state index contributed by atoms with van der Waals surface area (Å²) >= 11 is 0. The van der Waals surface area contributed by atoms with Crippen LogP contribution < -0.4 is 16.0 Å². The number of nitrogens with one attached hydrogen (secondary N) is 3. The lowest BCUT2D eigenvalue weighted by molar-refractivity contribution is -0.134. The predicted molar refractivity (Wildman–Crippen MR) is 364 cm³/mol. The van der Waals surface area contributed by atoms with Crippen molar-refractivity contribution < 1.29 is 70.3 Å². The third kappa shape index (κ3) is 37.1. The fourth-order valence-corrected chi connectivity index (χ4v) is 13.9. The van der Waals surface area contributed by atoms with Gasteiger partial charge in [0.2, 0.25) is 11.8 Å². The molecule has 4 aliphatic heterocycles. The van der Waals surface area contributed by atoms with Crippen molar-refractivity contribution in [3.8, 4) is 0 Å². The number of Topliss-reactive ketones (excluding diaryl/α,β-unsaturated/α-hetero) is 1. The van der Waals surface area contributed by atoms with Gasteiger partial charge in [-0.1, -0.05) is 75.7 Å². The van der Waals surface area contributed by atoms with E-state index in [1.165, 1.54) is 0 Å². The van der Waals surface area contributed by atoms with Gasteiger partial charge in [0.05, 0.1) is 82.2 Å². The van der Waals surface area contributed by atoms with Gasteiger partial charge in [-0.15, -0.1) is 0 Å². The maximum Gasteiger partial charge on any atom is 0.472 e. The highest BCUT2D eigenvalue weighted by atomic mass is 31.2. The van der Waals surface area contributed by atoms with Crippen molar-refractivity contribution in [2.45, 2.75) is 326 Å². The SMILES string of the molecule is CC(C)CCC(=O)N1C[C@H](OC(C)C)C[C@H]1COC(C)C.CC(C)CCCC(=O)CC1CC(COC(C)C)N(C(=O)CCNC(C)C)C1.CC(C)NC1CC(COP(=O)(O)OCC(COP(=O)(O)OCC2CC(NC(C)C)CN2C(C)C)OC(C)C)N(C(C)C)C1. The molecule has 0 aliphatic carbocycles. The van der Waals surface area contributed by atoms with Crippen LogP contribution in [-0.2, 0) is 60.6 Å². The molecule has 0 aromatic carbocycles. The molecule has 5 N–H and O–H groups in total. The largest absolute Gasteiger partial charge is 0.472 e. The van der Waals surface area contributed by atoms with Crippen molar-refractivity contribution in [3.63, 3.8) is 0 Å². The monoisotopic (exact) mass is 1340 g/mol. The van der Waals surface area contributed by atoms with E-state index in [1.54, 1.807) is 13.8 Å². The second kappa shape index (κ2) is 43.7. The third-order valence-corrected chi connectivity index (χ3v) is 18.3. The van der Waals surface area contributed by atoms with E-state index in [0.29, 0.717) is 94.3 Å². The number of nitrogens with zero attached hydrogens (tertiary/aromatic N) is 4. The van der Waals surface area contributed by atoms with Crippen molar-refractivity contribution >= 4 is 33.2 Å². The van der Waals surface area contributed by atoms with Crippen LogP contribution in [0.5, 0.6) is 0 Å². The Morgan fingerprint density at radius 2 is 0.956 bits per heavy atom. The van der Waals surface area contributed by atoms with Gasteiger partial charge in [0.15, 0.2) is 0 Å². The molecule has 8 unspecified atom stereocenters. The molecule has 4 fully saturated rings. The number of amides is 2. The Kier molecular flexibility index (Phi) is 41.1. The molecule has 0 spiro atoms. The van der Waals surface area contributed by atoms with Gasteiger partial charge in [-0.2, -0.15) is 0 Å². The molecule has 0 aromatic heterocycles. The first-order chi connectivity index (χ1) is 42.3. The van der Waals surface area contributed by atoms with Crippen LogP contribution in [0.25, 0.3) is 0 Å². The molecule has 24 heteroatoms. The highest BCUT2D eigenvalue weighted by Gasteiger charge is 2.40. The number of phosphoric ester groups is 2. The molecule has 0 aromatic rings. The van der Waals surface area contributed by atoms with Crippen molar-refractivity contribution in [3.05, 3.63) is 0 Å². The quantitative estimate of drug-likeness (QED) is 0.0357. The Balaban J connectivity index is 0.000000502. The number of ether oxygens (including phenoxy) is 4. The summed E-state index contributed by atoms with van der Waals surface area (Å²) in [6.07, 6.45) is 8.30. The van der Waals surface area contributed by atoms with Crippen LogP contribution in [-0.4, -0.2) is 222 Å². The molecular formula is C67H135N7O15P2. The first-order valence-corrected chi connectivity index (χ1v) is 38.0. The fourth-order valence-electron chi connectivity index (χ4n) is 12.3. The number of hydrogen-bond acceptors (Lipinski definition) is 18. The maximum absolute atomic E-state index is 12.8. The lowest BCUT2D eigenvalue weighted by Crippen LogP contribution is -2.40. The molecular weight excluding hydrogens is 1200 g/mol. The summed E-state index contributed by atoms with van der Waals surface area (Å²) in [6, 6.07) is 2.30. The van der Waals surface area contributed by atoms with Crippen molar-refractivity contribution in [1.82, 2.24) is 35.6 Å². The molecule has 0 saturated carbocycles. The van der Waals surface area contributed by atoms with E-state index in [4.69, 9.17) is 37.0 Å². The molecule has 538 valence electrons. The normalized spacial score (nSPS) is 24.3. The number of carbonyl (C=O) groups excluding carboxylic acids is 3. The average Bonchev–Trinajstić information content (AvgIpc) is 1.80. The number of hydrogen-bond donors (Lipinski definition) is 5. The molecule has 0 bridgehead atoms. The summed E-state index contributed by atoms with van der Waals surface area (Å²) in [5.41, 5.74) is 0. The molecule has 4 rings (SSSR count). The Morgan fingerprint density at radius 3 is 1.37 bits per heavy atom. The standard InChI is InChI=1S/C28H60N4O9P2.C22H42N2O3.C17H33NO3/c1-19(2)29-24-11-26(31(13-24)21(5)6)15-37-42(33,34)39-17-28(41-23(9)10)18-40-43(35,36)38-16-27-12-25(30-20(3)4)14-32(27)22(7)8;1-16(2)8-7-9-21(25)13-19-12-20(15-27-18(5)6)24(14-19)22(26)10-11-23-17(3)4;1-12(2)7-8-17(19)18-10-16(21-14(5)6)9-15(18)11-20-13(3)4/h19-30H,11-18H2,1-10H3,(H,33,34)(H,35,36);16-20,23H,7-15H2,1-6H3;12-16H,7-11H2,1-6H3/t;;15-,16+/m..0/s1. The zero-order chi connectivity index (χ0) is 68.9. The summed E-state index contributed by atoms with van der Waals surface area (Å²) in [4.78, 5) is 66.8. The van der Waals surface area contributed by atoms with Gasteiger partial charge in [0.1, 0.15) is 11.9 Å². The van der Waals surface area contributed by atoms with Crippen LogP contribution in [0.2, 0.25) is 0 Å². The van der Waals surface area contributed by atoms with Gasteiger partial charge in [-0.05, 0) is 139 Å². The van der Waals surface area contributed by atoms with Gasteiger partial charge in [0.25, 0.3) is 0 Å². The number of phosphoric acid groups is 2. The van der Waals surface area contributed by atoms with Crippen LogP contribution in [0.15, 0.2) is 0 Å². The van der Waals surface area contributed by atoms with E-state index < -0.39 is 21.7 Å². The topological polar surface area (TPSA) is 249 Å². The summed E-state index contributed by atoms with van der Waals surface area (Å²) in [5.74, 6) is 2.25. The van der Waals surface area contributed by atoms with E-state index in [1.807, 2.05) is 51.3 Å². The molecule has 4 saturated heterocycles. The molecule has 4 aliphatic rings. The van der Waals surface area contributed by atoms with Crippen molar-refractivity contribution in [2.24, 2.45) is 17.8 Å². The van der Waals surface area contributed by atoms with E-state index in [0.717, 1.165) is 58.0 Å². The average molecular weight is 1340 g/mol.